The molecule has 1 unspecified atom stereocenters. The van der Waals surface area contributed by atoms with E-state index in [9.17, 15) is 9.59 Å². The second kappa shape index (κ2) is 7.81. The summed E-state index contributed by atoms with van der Waals surface area (Å²) < 4.78 is 5.28. The number of amides is 1. The zero-order valence-corrected chi connectivity index (χ0v) is 14.3. The van der Waals surface area contributed by atoms with Crippen molar-refractivity contribution in [2.75, 3.05) is 7.05 Å². The van der Waals surface area contributed by atoms with Crippen molar-refractivity contribution < 1.29 is 19.1 Å². The van der Waals surface area contributed by atoms with Gasteiger partial charge in [0.1, 0.15) is 12.2 Å². The molecule has 24 heavy (non-hydrogen) atoms. The zero-order chi connectivity index (χ0) is 17.7. The molecule has 2 aromatic rings. The highest BCUT2D eigenvalue weighted by Crippen LogP contribution is 2.21. The Labute approximate surface area is 141 Å². The van der Waals surface area contributed by atoms with Gasteiger partial charge in [-0.1, -0.05) is 37.3 Å². The van der Waals surface area contributed by atoms with Crippen LogP contribution in [0.1, 0.15) is 40.6 Å². The lowest BCUT2D eigenvalue weighted by Crippen LogP contribution is -2.38. The Morgan fingerprint density at radius 3 is 2.50 bits per heavy atom. The van der Waals surface area contributed by atoms with Gasteiger partial charge in [-0.15, -0.1) is 0 Å². The summed E-state index contributed by atoms with van der Waals surface area (Å²) in [6, 6.07) is 10.0. The van der Waals surface area contributed by atoms with Crippen LogP contribution in [0.25, 0.3) is 0 Å². The van der Waals surface area contributed by atoms with Gasteiger partial charge in [-0.05, 0) is 25.3 Å². The van der Waals surface area contributed by atoms with Crippen molar-refractivity contribution in [2.45, 2.75) is 39.2 Å². The number of furan rings is 1. The van der Waals surface area contributed by atoms with E-state index < -0.39 is 5.97 Å². The molecule has 1 aromatic heterocycles. The van der Waals surface area contributed by atoms with Gasteiger partial charge in [0.15, 0.2) is 0 Å². The summed E-state index contributed by atoms with van der Waals surface area (Å²) in [5.74, 6) is -0.996. The number of benzene rings is 1. The summed E-state index contributed by atoms with van der Waals surface area (Å²) >= 11 is 0. The molecule has 0 fully saturated rings. The van der Waals surface area contributed by atoms with E-state index in [0.717, 1.165) is 12.8 Å². The maximum absolute atomic E-state index is 12.9. The van der Waals surface area contributed by atoms with Crippen LogP contribution in [0.4, 0.5) is 0 Å². The fraction of sp³-hybridized carbons (Fsp3) is 0.368. The topological polar surface area (TPSA) is 70.8 Å². The summed E-state index contributed by atoms with van der Waals surface area (Å²) in [5.41, 5.74) is 2.20. The Balaban J connectivity index is 2.21. The molecule has 1 atom stereocenters. The zero-order valence-electron chi connectivity index (χ0n) is 14.3. The summed E-state index contributed by atoms with van der Waals surface area (Å²) in [7, 11) is 1.76. The van der Waals surface area contributed by atoms with E-state index in [4.69, 9.17) is 9.52 Å². The second-order valence-corrected chi connectivity index (χ2v) is 5.96. The lowest BCUT2D eigenvalue weighted by molar-refractivity contribution is -0.136. The van der Waals surface area contributed by atoms with Gasteiger partial charge in [0.2, 0.25) is 0 Å². The summed E-state index contributed by atoms with van der Waals surface area (Å²) in [6.07, 6.45) is 2.71. The Morgan fingerprint density at radius 2 is 1.92 bits per heavy atom. The van der Waals surface area contributed by atoms with Crippen LogP contribution in [-0.2, 0) is 17.6 Å². The highest BCUT2D eigenvalue weighted by Gasteiger charge is 2.26. The van der Waals surface area contributed by atoms with Gasteiger partial charge in [0.25, 0.3) is 5.91 Å². The third-order valence-corrected chi connectivity index (χ3v) is 4.23. The maximum Gasteiger partial charge on any atom is 0.311 e. The molecule has 0 radical (unpaired) electrons. The van der Waals surface area contributed by atoms with E-state index in [0.29, 0.717) is 11.1 Å². The Morgan fingerprint density at radius 1 is 1.25 bits per heavy atom. The van der Waals surface area contributed by atoms with Crippen LogP contribution in [0.2, 0.25) is 0 Å². The monoisotopic (exact) mass is 329 g/mol. The van der Waals surface area contributed by atoms with Gasteiger partial charge in [0, 0.05) is 18.7 Å². The quantitative estimate of drug-likeness (QED) is 0.846. The van der Waals surface area contributed by atoms with Crippen LogP contribution >= 0.6 is 0 Å². The third kappa shape index (κ3) is 4.04. The molecule has 2 rings (SSSR count). The predicted octanol–water partition coefficient (Wildman–Crippen LogP) is 3.31. The van der Waals surface area contributed by atoms with Crippen LogP contribution < -0.4 is 0 Å². The molecule has 0 saturated carbocycles. The van der Waals surface area contributed by atoms with E-state index in [-0.39, 0.29) is 24.1 Å². The molecule has 0 saturated heterocycles. The SMILES string of the molecule is CCC(Cc1ccccc1)N(C)C(=O)c1c(C)coc1CC(=O)O. The lowest BCUT2D eigenvalue weighted by Gasteiger charge is -2.27. The van der Waals surface area contributed by atoms with E-state index >= 15 is 0 Å². The number of carboxylic acid groups (broad SMARTS) is 1. The number of aryl methyl sites for hydroxylation is 1. The largest absolute Gasteiger partial charge is 0.481 e. The van der Waals surface area contributed by atoms with Gasteiger partial charge < -0.3 is 14.4 Å². The average Bonchev–Trinajstić information content (AvgIpc) is 2.92. The first-order valence-electron chi connectivity index (χ1n) is 8.03. The normalized spacial score (nSPS) is 12.0. The molecule has 5 heteroatoms. The van der Waals surface area contributed by atoms with Crippen molar-refractivity contribution in [3.8, 4) is 0 Å². The van der Waals surface area contributed by atoms with E-state index in [1.807, 2.05) is 37.3 Å². The average molecular weight is 329 g/mol. The molecule has 0 bridgehead atoms. The van der Waals surface area contributed by atoms with Gasteiger partial charge in [-0.25, -0.2) is 0 Å². The molecule has 1 amide bonds. The molecule has 1 aromatic carbocycles. The number of hydrogen-bond donors (Lipinski definition) is 1. The Kier molecular flexibility index (Phi) is 5.79. The minimum atomic E-state index is -1.02. The van der Waals surface area contributed by atoms with Crippen LogP contribution in [0.3, 0.4) is 0 Å². The van der Waals surface area contributed by atoms with Crippen molar-refractivity contribution in [1.82, 2.24) is 4.90 Å². The summed E-state index contributed by atoms with van der Waals surface area (Å²) in [4.78, 5) is 25.6. The van der Waals surface area contributed by atoms with Crippen LogP contribution in [-0.4, -0.2) is 35.0 Å². The number of rotatable bonds is 7. The van der Waals surface area contributed by atoms with Crippen molar-refractivity contribution in [3.05, 3.63) is 59.0 Å². The lowest BCUT2D eigenvalue weighted by atomic mass is 10.0. The highest BCUT2D eigenvalue weighted by atomic mass is 16.4. The number of carbonyl (C=O) groups is 2. The summed E-state index contributed by atoms with van der Waals surface area (Å²) in [6.45, 7) is 3.80. The number of carbonyl (C=O) groups excluding carboxylic acids is 1. The predicted molar refractivity (Wildman–Crippen MR) is 91.1 cm³/mol. The molecule has 0 aliphatic carbocycles. The van der Waals surface area contributed by atoms with Crippen molar-refractivity contribution in [2.24, 2.45) is 0 Å². The minimum absolute atomic E-state index is 0.0341. The number of likely N-dealkylation sites (N-methyl/N-ethyl adjacent to an activating group) is 1. The van der Waals surface area contributed by atoms with Crippen LogP contribution in [0.5, 0.6) is 0 Å². The van der Waals surface area contributed by atoms with Gasteiger partial charge in [-0.3, -0.25) is 9.59 Å². The number of nitrogens with zero attached hydrogens (tertiary/aromatic N) is 1. The smallest absolute Gasteiger partial charge is 0.311 e. The molecule has 1 heterocycles. The fourth-order valence-corrected chi connectivity index (χ4v) is 2.84. The standard InChI is InChI=1S/C19H23NO4/c1-4-15(10-14-8-6-5-7-9-14)20(3)19(23)18-13(2)12-24-16(18)11-17(21)22/h5-9,12,15H,4,10-11H2,1-3H3,(H,21,22). The first-order valence-corrected chi connectivity index (χ1v) is 8.03. The molecule has 0 spiro atoms. The maximum atomic E-state index is 12.9. The van der Waals surface area contributed by atoms with Gasteiger partial charge >= 0.3 is 5.97 Å². The van der Waals surface area contributed by atoms with Crippen molar-refractivity contribution in [3.63, 3.8) is 0 Å². The molecule has 128 valence electrons. The number of aliphatic carboxylic acids is 1. The van der Waals surface area contributed by atoms with Crippen molar-refractivity contribution in [1.29, 1.82) is 0 Å². The molecule has 0 aliphatic heterocycles. The number of hydrogen-bond acceptors (Lipinski definition) is 3. The van der Waals surface area contributed by atoms with Gasteiger partial charge in [-0.2, -0.15) is 0 Å². The second-order valence-electron chi connectivity index (χ2n) is 5.96. The molecule has 1 N–H and O–H groups in total. The highest BCUT2D eigenvalue weighted by molar-refractivity contribution is 5.97. The Bertz CT molecular complexity index is 705. The molecular formula is C19H23NO4. The Hall–Kier alpha value is -2.56. The first kappa shape index (κ1) is 17.8. The van der Waals surface area contributed by atoms with E-state index in [2.05, 4.69) is 0 Å². The summed E-state index contributed by atoms with van der Waals surface area (Å²) in [5, 5.41) is 8.99. The van der Waals surface area contributed by atoms with E-state index in [1.54, 1.807) is 18.9 Å². The van der Waals surface area contributed by atoms with Gasteiger partial charge in [0.05, 0.1) is 11.8 Å². The van der Waals surface area contributed by atoms with Crippen molar-refractivity contribution >= 4 is 11.9 Å². The number of carboxylic acids is 1. The molecule has 0 aliphatic rings. The van der Waals surface area contributed by atoms with Crippen LogP contribution in [0.15, 0.2) is 41.0 Å². The first-order chi connectivity index (χ1) is 11.4. The molecule has 5 nitrogen and oxygen atoms in total. The minimum Gasteiger partial charge on any atom is -0.481 e. The van der Waals surface area contributed by atoms with Crippen LogP contribution in [0, 0.1) is 6.92 Å². The van der Waals surface area contributed by atoms with E-state index in [1.165, 1.54) is 11.8 Å². The molecular weight excluding hydrogens is 306 g/mol. The fourth-order valence-electron chi connectivity index (χ4n) is 2.84. The third-order valence-electron chi connectivity index (χ3n) is 4.23.